The van der Waals surface area contributed by atoms with E-state index in [4.69, 9.17) is 0 Å². The number of hydrogen-bond acceptors (Lipinski definition) is 3. The van der Waals surface area contributed by atoms with Gasteiger partial charge in [0.25, 0.3) is 0 Å². The van der Waals surface area contributed by atoms with Gasteiger partial charge >= 0.3 is 0 Å². The van der Waals surface area contributed by atoms with E-state index in [2.05, 4.69) is 50.4 Å². The molecule has 1 aromatic rings. The highest BCUT2D eigenvalue weighted by Gasteiger charge is 2.08. The van der Waals surface area contributed by atoms with Gasteiger partial charge in [-0.1, -0.05) is 15.9 Å². The van der Waals surface area contributed by atoms with Gasteiger partial charge in [-0.25, -0.2) is 0 Å². The molecule has 1 N–H and O–H groups in total. The molecule has 0 spiro atoms. The van der Waals surface area contributed by atoms with Crippen molar-refractivity contribution in [2.24, 2.45) is 0 Å². The van der Waals surface area contributed by atoms with Crippen molar-refractivity contribution in [1.82, 2.24) is 10.2 Å². The summed E-state index contributed by atoms with van der Waals surface area (Å²) in [6, 6.07) is 8.55. The highest BCUT2D eigenvalue weighted by molar-refractivity contribution is 9.10. The monoisotopic (exact) mass is 300 g/mol. The molecule has 0 bridgehead atoms. The molecule has 1 heterocycles. The normalized spacial score (nSPS) is 17.6. The van der Waals surface area contributed by atoms with Crippen molar-refractivity contribution >= 4 is 27.7 Å². The molecule has 0 saturated carbocycles. The summed E-state index contributed by atoms with van der Waals surface area (Å²) in [4.78, 5) is 3.89. The second-order valence-corrected chi connectivity index (χ2v) is 5.98. The maximum Gasteiger partial charge on any atom is 0.0176 e. The summed E-state index contributed by atoms with van der Waals surface area (Å²) in [5.41, 5.74) is 0. The van der Waals surface area contributed by atoms with Crippen molar-refractivity contribution < 1.29 is 0 Å². The predicted octanol–water partition coefficient (Wildman–Crippen LogP) is 2.45. The van der Waals surface area contributed by atoms with Crippen LogP contribution in [-0.2, 0) is 0 Å². The number of rotatable bonds is 4. The lowest BCUT2D eigenvalue weighted by atomic mass is 10.4. The van der Waals surface area contributed by atoms with Crippen molar-refractivity contribution in [3.8, 4) is 0 Å². The Bertz CT molecular complexity index is 309. The molecule has 2 nitrogen and oxygen atoms in total. The van der Waals surface area contributed by atoms with Crippen molar-refractivity contribution in [2.75, 3.05) is 38.5 Å². The fraction of sp³-hybridized carbons (Fsp3) is 0.500. The second kappa shape index (κ2) is 6.64. The molecule has 0 atom stereocenters. The Hall–Kier alpha value is -0.0300. The van der Waals surface area contributed by atoms with Gasteiger partial charge in [0, 0.05) is 47.8 Å². The topological polar surface area (TPSA) is 15.3 Å². The van der Waals surface area contributed by atoms with E-state index in [1.54, 1.807) is 0 Å². The number of nitrogens with one attached hydrogen (secondary N) is 1. The maximum atomic E-state index is 3.45. The van der Waals surface area contributed by atoms with Crippen LogP contribution in [0.25, 0.3) is 0 Å². The molecule has 2 rings (SSSR count). The van der Waals surface area contributed by atoms with E-state index in [1.165, 1.54) is 30.3 Å². The SMILES string of the molecule is Brc1ccc(SCCN2CCNCC2)cc1. The molecule has 16 heavy (non-hydrogen) atoms. The fourth-order valence-electron chi connectivity index (χ4n) is 1.76. The highest BCUT2D eigenvalue weighted by Crippen LogP contribution is 2.20. The molecule has 88 valence electrons. The third-order valence-electron chi connectivity index (χ3n) is 2.70. The first-order valence-corrected chi connectivity index (χ1v) is 7.44. The Balaban J connectivity index is 1.69. The van der Waals surface area contributed by atoms with Crippen LogP contribution in [0.4, 0.5) is 0 Å². The van der Waals surface area contributed by atoms with Crippen LogP contribution in [0.5, 0.6) is 0 Å². The zero-order valence-electron chi connectivity index (χ0n) is 9.29. The lowest BCUT2D eigenvalue weighted by Gasteiger charge is -2.26. The summed E-state index contributed by atoms with van der Waals surface area (Å²) in [5, 5.41) is 3.38. The molecule has 1 aliphatic rings. The van der Waals surface area contributed by atoms with Crippen LogP contribution in [0.15, 0.2) is 33.6 Å². The zero-order chi connectivity index (χ0) is 11.2. The molecule has 0 unspecified atom stereocenters. The minimum Gasteiger partial charge on any atom is -0.314 e. The van der Waals surface area contributed by atoms with E-state index in [0.29, 0.717) is 0 Å². The zero-order valence-corrected chi connectivity index (χ0v) is 11.7. The van der Waals surface area contributed by atoms with Crippen LogP contribution < -0.4 is 5.32 Å². The minimum atomic E-state index is 1.14. The van der Waals surface area contributed by atoms with Gasteiger partial charge in [0.1, 0.15) is 0 Å². The third kappa shape index (κ3) is 4.09. The van der Waals surface area contributed by atoms with E-state index in [-0.39, 0.29) is 0 Å². The molecule has 0 radical (unpaired) electrons. The Labute approximate surface area is 110 Å². The Morgan fingerprint density at radius 2 is 1.88 bits per heavy atom. The van der Waals surface area contributed by atoms with E-state index in [9.17, 15) is 0 Å². The Morgan fingerprint density at radius 3 is 2.56 bits per heavy atom. The first kappa shape index (κ1) is 12.4. The largest absolute Gasteiger partial charge is 0.314 e. The van der Waals surface area contributed by atoms with Crippen LogP contribution in [0.3, 0.4) is 0 Å². The summed E-state index contributed by atoms with van der Waals surface area (Å²) >= 11 is 5.39. The average Bonchev–Trinajstić information content (AvgIpc) is 2.33. The van der Waals surface area contributed by atoms with Gasteiger partial charge < -0.3 is 5.32 Å². The fourth-order valence-corrected chi connectivity index (χ4v) is 2.94. The first-order valence-electron chi connectivity index (χ1n) is 5.66. The molecule has 0 amide bonds. The van der Waals surface area contributed by atoms with E-state index < -0.39 is 0 Å². The molecule has 0 aromatic heterocycles. The number of halogens is 1. The number of nitrogens with zero attached hydrogens (tertiary/aromatic N) is 1. The Kier molecular flexibility index (Phi) is 5.16. The van der Waals surface area contributed by atoms with E-state index in [0.717, 1.165) is 17.6 Å². The number of hydrogen-bond donors (Lipinski definition) is 1. The molecule has 1 saturated heterocycles. The molecule has 1 aliphatic heterocycles. The molecule has 1 fully saturated rings. The predicted molar refractivity (Wildman–Crippen MR) is 74.2 cm³/mol. The van der Waals surface area contributed by atoms with Crippen molar-refractivity contribution in [1.29, 1.82) is 0 Å². The molecule has 0 aliphatic carbocycles. The molecule has 4 heteroatoms. The maximum absolute atomic E-state index is 3.45. The van der Waals surface area contributed by atoms with E-state index >= 15 is 0 Å². The van der Waals surface area contributed by atoms with Crippen LogP contribution in [-0.4, -0.2) is 43.4 Å². The van der Waals surface area contributed by atoms with Gasteiger partial charge in [0.05, 0.1) is 0 Å². The smallest absolute Gasteiger partial charge is 0.0176 e. The summed E-state index contributed by atoms with van der Waals surface area (Å²) in [6.07, 6.45) is 0. The van der Waals surface area contributed by atoms with Crippen molar-refractivity contribution in [3.05, 3.63) is 28.7 Å². The molecular weight excluding hydrogens is 284 g/mol. The molecule has 1 aromatic carbocycles. The summed E-state index contributed by atoms with van der Waals surface area (Å²) < 4.78 is 1.15. The highest BCUT2D eigenvalue weighted by atomic mass is 79.9. The quantitative estimate of drug-likeness (QED) is 0.860. The van der Waals surface area contributed by atoms with Crippen molar-refractivity contribution in [2.45, 2.75) is 4.90 Å². The lowest BCUT2D eigenvalue weighted by Crippen LogP contribution is -2.44. The summed E-state index contributed by atoms with van der Waals surface area (Å²) in [6.45, 7) is 5.87. The minimum absolute atomic E-state index is 1.14. The van der Waals surface area contributed by atoms with Crippen molar-refractivity contribution in [3.63, 3.8) is 0 Å². The van der Waals surface area contributed by atoms with Gasteiger partial charge in [-0.2, -0.15) is 0 Å². The number of piperazine rings is 1. The summed E-state index contributed by atoms with van der Waals surface area (Å²) in [7, 11) is 0. The Morgan fingerprint density at radius 1 is 1.19 bits per heavy atom. The van der Waals surface area contributed by atoms with Gasteiger partial charge in [0.2, 0.25) is 0 Å². The van der Waals surface area contributed by atoms with Gasteiger partial charge in [-0.05, 0) is 24.3 Å². The van der Waals surface area contributed by atoms with E-state index in [1.807, 2.05) is 11.8 Å². The van der Waals surface area contributed by atoms with Gasteiger partial charge in [-0.3, -0.25) is 4.90 Å². The lowest BCUT2D eigenvalue weighted by molar-refractivity contribution is 0.255. The van der Waals surface area contributed by atoms with Gasteiger partial charge in [0.15, 0.2) is 0 Å². The number of benzene rings is 1. The summed E-state index contributed by atoms with van der Waals surface area (Å²) in [5.74, 6) is 1.18. The third-order valence-corrected chi connectivity index (χ3v) is 4.22. The van der Waals surface area contributed by atoms with Gasteiger partial charge in [-0.15, -0.1) is 11.8 Å². The van der Waals surface area contributed by atoms with Crippen LogP contribution in [0.1, 0.15) is 0 Å². The standard InChI is InChI=1S/C12H17BrN2S/c13-11-1-3-12(4-2-11)16-10-9-15-7-5-14-6-8-15/h1-4,14H,5-10H2. The second-order valence-electron chi connectivity index (χ2n) is 3.89. The molecular formula is C12H17BrN2S. The van der Waals surface area contributed by atoms with Crippen LogP contribution in [0.2, 0.25) is 0 Å². The van der Waals surface area contributed by atoms with Crippen LogP contribution in [0, 0.1) is 0 Å². The number of thioether (sulfide) groups is 1. The van der Waals surface area contributed by atoms with Crippen LogP contribution >= 0.6 is 27.7 Å². The first-order chi connectivity index (χ1) is 7.84. The average molecular weight is 301 g/mol.